The van der Waals surface area contributed by atoms with Crippen LogP contribution in [0.25, 0.3) is 127 Å². The number of rotatable bonds is 6. The second kappa shape index (κ2) is 15.0. The van der Waals surface area contributed by atoms with Crippen molar-refractivity contribution in [1.82, 2.24) is 14.5 Å². The summed E-state index contributed by atoms with van der Waals surface area (Å²) < 4.78 is 2.38. The Morgan fingerprint density at radius 2 is 0.862 bits per heavy atom. The van der Waals surface area contributed by atoms with Crippen molar-refractivity contribution in [3.8, 4) is 61.8 Å². The fraction of sp³-hybridized carbons (Fsp3) is 0. The zero-order chi connectivity index (χ0) is 42.8. The Morgan fingerprint density at radius 1 is 0.292 bits per heavy atom. The Balaban J connectivity index is 1.04. The number of aromatic nitrogens is 3. The SMILES string of the molecule is c1ccc(-c2nc(-c3ccccc3-c3cccc4c3c3ccccc3n4-c3ccccc3)cc(-c3ccc(-c4c5ccccc5cc5c4ccc4ccccc45)c4ccccc34)n2)cc1. The second-order valence-corrected chi connectivity index (χ2v) is 16.8. The molecule has 11 aromatic carbocycles. The average Bonchev–Trinajstić information content (AvgIpc) is 3.73. The van der Waals surface area contributed by atoms with Crippen molar-refractivity contribution in [2.75, 3.05) is 0 Å². The maximum Gasteiger partial charge on any atom is 0.160 e. The van der Waals surface area contributed by atoms with Crippen LogP contribution in [-0.2, 0) is 0 Å². The molecule has 302 valence electrons. The lowest BCUT2D eigenvalue weighted by atomic mass is 9.86. The van der Waals surface area contributed by atoms with Gasteiger partial charge in [-0.25, -0.2) is 9.97 Å². The van der Waals surface area contributed by atoms with Gasteiger partial charge in [0.1, 0.15) is 0 Å². The molecule has 0 saturated carbocycles. The maximum atomic E-state index is 5.40. The van der Waals surface area contributed by atoms with E-state index < -0.39 is 0 Å². The molecule has 0 saturated heterocycles. The van der Waals surface area contributed by atoms with E-state index in [1.54, 1.807) is 0 Å². The van der Waals surface area contributed by atoms with E-state index in [0.717, 1.165) is 55.8 Å². The van der Waals surface area contributed by atoms with E-state index in [2.05, 4.69) is 235 Å². The Bertz CT molecular complexity index is 4000. The van der Waals surface area contributed by atoms with Crippen molar-refractivity contribution >= 4 is 64.9 Å². The molecule has 0 aliphatic rings. The minimum Gasteiger partial charge on any atom is -0.309 e. The van der Waals surface area contributed by atoms with Crippen LogP contribution in [0.15, 0.2) is 237 Å². The van der Waals surface area contributed by atoms with Gasteiger partial charge in [-0.1, -0.05) is 200 Å². The van der Waals surface area contributed by atoms with Crippen molar-refractivity contribution in [2.24, 2.45) is 0 Å². The summed E-state index contributed by atoms with van der Waals surface area (Å²) in [5, 5.41) is 12.2. The standard InChI is InChI=1S/C62H39N3/c1-3-19-41(20-4-1)62-63-56(49-29-14-13-28-48(49)51-31-17-33-59-61(51)54-30-15-16-32-58(54)65(59)43-22-5-2-6-23-43)39-57(64-62)50-36-37-52(47-27-12-11-26-46(47)50)60-45-25-10-8-21-42(45)38-55-44-24-9-7-18-40(44)34-35-53(55)60/h1-39H. The lowest BCUT2D eigenvalue weighted by Crippen LogP contribution is -1.98. The predicted molar refractivity (Wildman–Crippen MR) is 274 cm³/mol. The van der Waals surface area contributed by atoms with Gasteiger partial charge in [-0.3, -0.25) is 0 Å². The molecule has 0 bridgehead atoms. The molecule has 0 spiro atoms. The summed E-state index contributed by atoms with van der Waals surface area (Å²) in [5.74, 6) is 0.687. The first-order valence-electron chi connectivity index (χ1n) is 22.2. The molecule has 0 radical (unpaired) electrons. The van der Waals surface area contributed by atoms with Crippen LogP contribution in [0.3, 0.4) is 0 Å². The maximum absolute atomic E-state index is 5.40. The molecule has 65 heavy (non-hydrogen) atoms. The zero-order valence-electron chi connectivity index (χ0n) is 35.4. The second-order valence-electron chi connectivity index (χ2n) is 16.8. The number of nitrogens with zero attached hydrogens (tertiary/aromatic N) is 3. The molecule has 0 fully saturated rings. The third kappa shape index (κ3) is 5.97. The first kappa shape index (κ1) is 36.9. The Kier molecular flexibility index (Phi) is 8.53. The highest BCUT2D eigenvalue weighted by molar-refractivity contribution is 6.23. The van der Waals surface area contributed by atoms with Gasteiger partial charge in [-0.15, -0.1) is 0 Å². The third-order valence-electron chi connectivity index (χ3n) is 13.2. The molecule has 0 aliphatic carbocycles. The zero-order valence-corrected chi connectivity index (χ0v) is 35.4. The molecule has 3 nitrogen and oxygen atoms in total. The summed E-state index contributed by atoms with van der Waals surface area (Å²) in [6.07, 6.45) is 0. The highest BCUT2D eigenvalue weighted by Crippen LogP contribution is 2.45. The summed E-state index contributed by atoms with van der Waals surface area (Å²) >= 11 is 0. The van der Waals surface area contributed by atoms with Crippen LogP contribution in [0.1, 0.15) is 0 Å². The fourth-order valence-electron chi connectivity index (χ4n) is 10.3. The van der Waals surface area contributed by atoms with Crippen LogP contribution >= 0.6 is 0 Å². The smallest absolute Gasteiger partial charge is 0.160 e. The van der Waals surface area contributed by atoms with Crippen molar-refractivity contribution in [2.45, 2.75) is 0 Å². The summed E-state index contributed by atoms with van der Waals surface area (Å²) in [6.45, 7) is 0. The van der Waals surface area contributed by atoms with E-state index in [-0.39, 0.29) is 0 Å². The van der Waals surface area contributed by atoms with Gasteiger partial charge in [-0.05, 0) is 102 Å². The molecular formula is C62H39N3. The van der Waals surface area contributed by atoms with Crippen LogP contribution in [0.4, 0.5) is 0 Å². The molecule has 0 aliphatic heterocycles. The summed E-state index contributed by atoms with van der Waals surface area (Å²) in [4.78, 5) is 10.8. The van der Waals surface area contributed by atoms with Gasteiger partial charge >= 0.3 is 0 Å². The Labute approximate surface area is 376 Å². The van der Waals surface area contributed by atoms with Crippen molar-refractivity contribution < 1.29 is 0 Å². The fourth-order valence-corrected chi connectivity index (χ4v) is 10.3. The normalized spacial score (nSPS) is 11.7. The summed E-state index contributed by atoms with van der Waals surface area (Å²) in [5.41, 5.74) is 13.0. The monoisotopic (exact) mass is 825 g/mol. The van der Waals surface area contributed by atoms with Gasteiger partial charge in [0.2, 0.25) is 0 Å². The Hall–Kier alpha value is -8.66. The summed E-state index contributed by atoms with van der Waals surface area (Å²) in [7, 11) is 0. The minimum absolute atomic E-state index is 0.687. The van der Waals surface area contributed by atoms with E-state index >= 15 is 0 Å². The van der Waals surface area contributed by atoms with Crippen molar-refractivity contribution in [1.29, 1.82) is 0 Å². The lowest BCUT2D eigenvalue weighted by molar-refractivity contribution is 1.18. The van der Waals surface area contributed by atoms with Crippen LogP contribution in [0.5, 0.6) is 0 Å². The molecule has 0 amide bonds. The quantitative estimate of drug-likeness (QED) is 0.123. The van der Waals surface area contributed by atoms with Gasteiger partial charge < -0.3 is 4.57 Å². The van der Waals surface area contributed by atoms with E-state index in [1.165, 1.54) is 65.1 Å². The molecule has 3 heteroatoms. The molecule has 2 heterocycles. The van der Waals surface area contributed by atoms with E-state index in [0.29, 0.717) is 5.82 Å². The van der Waals surface area contributed by atoms with Gasteiger partial charge in [-0.2, -0.15) is 0 Å². The number of hydrogen-bond donors (Lipinski definition) is 0. The van der Waals surface area contributed by atoms with Gasteiger partial charge in [0.15, 0.2) is 5.82 Å². The first-order chi connectivity index (χ1) is 32.3. The number of hydrogen-bond acceptors (Lipinski definition) is 2. The third-order valence-corrected chi connectivity index (χ3v) is 13.2. The molecule has 2 aromatic heterocycles. The van der Waals surface area contributed by atoms with E-state index in [9.17, 15) is 0 Å². The highest BCUT2D eigenvalue weighted by Gasteiger charge is 2.21. The number of benzene rings is 11. The minimum atomic E-state index is 0.687. The lowest BCUT2D eigenvalue weighted by Gasteiger charge is -2.18. The largest absolute Gasteiger partial charge is 0.309 e. The molecule has 0 N–H and O–H groups in total. The molecular weight excluding hydrogens is 787 g/mol. The van der Waals surface area contributed by atoms with Crippen LogP contribution < -0.4 is 0 Å². The van der Waals surface area contributed by atoms with Gasteiger partial charge in [0.25, 0.3) is 0 Å². The average molecular weight is 826 g/mol. The van der Waals surface area contributed by atoms with Crippen molar-refractivity contribution in [3.05, 3.63) is 237 Å². The van der Waals surface area contributed by atoms with E-state index in [1.807, 2.05) is 6.07 Å². The first-order valence-corrected chi connectivity index (χ1v) is 22.2. The predicted octanol–water partition coefficient (Wildman–Crippen LogP) is 16.5. The molecule has 0 atom stereocenters. The topological polar surface area (TPSA) is 30.7 Å². The van der Waals surface area contributed by atoms with Gasteiger partial charge in [0.05, 0.1) is 22.4 Å². The molecule has 0 unspecified atom stereocenters. The highest BCUT2D eigenvalue weighted by atomic mass is 15.0. The Morgan fingerprint density at radius 3 is 1.66 bits per heavy atom. The van der Waals surface area contributed by atoms with Crippen LogP contribution in [-0.4, -0.2) is 14.5 Å². The molecule has 13 aromatic rings. The number of fused-ring (bicyclic) bond motifs is 8. The van der Waals surface area contributed by atoms with Gasteiger partial charge in [0, 0.05) is 33.2 Å². The number of para-hydroxylation sites is 2. The molecule has 13 rings (SSSR count). The van der Waals surface area contributed by atoms with Crippen LogP contribution in [0.2, 0.25) is 0 Å². The van der Waals surface area contributed by atoms with E-state index in [4.69, 9.17) is 9.97 Å². The van der Waals surface area contributed by atoms with Crippen LogP contribution in [0, 0.1) is 0 Å². The van der Waals surface area contributed by atoms with Crippen molar-refractivity contribution in [3.63, 3.8) is 0 Å². The summed E-state index contributed by atoms with van der Waals surface area (Å²) in [6, 6.07) is 85.2.